The topological polar surface area (TPSA) is 29.1 Å². The van der Waals surface area contributed by atoms with Gasteiger partial charge in [0.1, 0.15) is 5.82 Å². The predicted octanol–water partition coefficient (Wildman–Crippen LogP) is 4.67. The number of carbonyl (C=O) groups excluding carboxylic acids is 1. The van der Waals surface area contributed by atoms with Gasteiger partial charge >= 0.3 is 0 Å². The molecule has 116 valence electrons. The van der Waals surface area contributed by atoms with E-state index in [9.17, 15) is 9.18 Å². The van der Waals surface area contributed by atoms with Gasteiger partial charge in [0.05, 0.1) is 5.56 Å². The van der Waals surface area contributed by atoms with Gasteiger partial charge in [-0.1, -0.05) is 38.8 Å². The fraction of sp³-hybridized carbons (Fsp3) is 0.588. The molecule has 0 saturated heterocycles. The summed E-state index contributed by atoms with van der Waals surface area (Å²) in [6, 6.07) is 4.19. The maximum Gasteiger partial charge on any atom is 0.254 e. The number of carbonyl (C=O) groups is 1. The molecule has 1 amide bonds. The number of halogens is 2. The smallest absolute Gasteiger partial charge is 0.254 e. The van der Waals surface area contributed by atoms with Crippen molar-refractivity contribution in [3.8, 4) is 0 Å². The molecule has 1 fully saturated rings. The molecule has 3 atom stereocenters. The molecule has 4 heteroatoms. The molecule has 2 nitrogen and oxygen atoms in total. The van der Waals surface area contributed by atoms with E-state index < -0.39 is 5.82 Å². The number of benzene rings is 1. The largest absolute Gasteiger partial charge is 0.349 e. The van der Waals surface area contributed by atoms with Gasteiger partial charge in [-0.05, 0) is 48.8 Å². The molecule has 3 unspecified atom stereocenters. The van der Waals surface area contributed by atoms with E-state index in [1.165, 1.54) is 24.6 Å². The molecule has 0 aromatic heterocycles. The van der Waals surface area contributed by atoms with Crippen LogP contribution in [0, 0.1) is 23.6 Å². The molecule has 1 aromatic carbocycles. The van der Waals surface area contributed by atoms with Crippen LogP contribution < -0.4 is 5.32 Å². The number of hydrogen-bond acceptors (Lipinski definition) is 1. The Hall–Kier alpha value is -1.09. The van der Waals surface area contributed by atoms with E-state index in [-0.39, 0.29) is 17.5 Å². The molecule has 1 saturated carbocycles. The van der Waals surface area contributed by atoms with E-state index in [0.717, 1.165) is 12.8 Å². The van der Waals surface area contributed by atoms with Crippen LogP contribution in [0.2, 0.25) is 5.02 Å². The molecule has 1 aliphatic carbocycles. The summed E-state index contributed by atoms with van der Waals surface area (Å²) in [5.74, 6) is 0.663. The molecule has 1 aromatic rings. The van der Waals surface area contributed by atoms with Crippen LogP contribution >= 0.6 is 11.6 Å². The second-order valence-electron chi connectivity index (χ2n) is 6.53. The summed E-state index contributed by atoms with van der Waals surface area (Å²) in [5, 5.41) is 3.40. The highest BCUT2D eigenvalue weighted by Gasteiger charge is 2.32. The third-order valence-electron chi connectivity index (χ3n) is 4.51. The minimum Gasteiger partial charge on any atom is -0.349 e. The van der Waals surface area contributed by atoms with Gasteiger partial charge in [-0.3, -0.25) is 4.79 Å². The van der Waals surface area contributed by atoms with Gasteiger partial charge < -0.3 is 5.32 Å². The lowest BCUT2D eigenvalue weighted by molar-refractivity contribution is 0.0864. The second kappa shape index (κ2) is 6.78. The van der Waals surface area contributed by atoms with E-state index in [1.54, 1.807) is 0 Å². The molecule has 1 aliphatic rings. The minimum absolute atomic E-state index is 0.0308. The van der Waals surface area contributed by atoms with Crippen LogP contribution in [0.15, 0.2) is 18.2 Å². The molecular weight excluding hydrogens is 289 g/mol. The molecule has 0 heterocycles. The Bertz CT molecular complexity index is 518. The van der Waals surface area contributed by atoms with Crippen molar-refractivity contribution in [3.63, 3.8) is 0 Å². The average molecular weight is 312 g/mol. The maximum atomic E-state index is 13.8. The van der Waals surface area contributed by atoms with Gasteiger partial charge in [0.15, 0.2) is 0 Å². The molecule has 0 bridgehead atoms. The van der Waals surface area contributed by atoms with Gasteiger partial charge in [0.25, 0.3) is 5.91 Å². The zero-order valence-corrected chi connectivity index (χ0v) is 13.6. The minimum atomic E-state index is -0.526. The highest BCUT2D eigenvalue weighted by Crippen LogP contribution is 2.33. The Morgan fingerprint density at radius 3 is 2.76 bits per heavy atom. The van der Waals surface area contributed by atoms with Crippen LogP contribution in [0.1, 0.15) is 50.4 Å². The van der Waals surface area contributed by atoms with Crippen molar-refractivity contribution >= 4 is 17.5 Å². The fourth-order valence-corrected chi connectivity index (χ4v) is 3.46. The third kappa shape index (κ3) is 3.97. The predicted molar refractivity (Wildman–Crippen MR) is 84.0 cm³/mol. The SMILES string of the molecule is CC1CCC(C(C)C)C(NC(=O)c2cc(Cl)ccc2F)C1. The Labute approximate surface area is 131 Å². The molecule has 0 radical (unpaired) electrons. The summed E-state index contributed by atoms with van der Waals surface area (Å²) < 4.78 is 13.8. The fourth-order valence-electron chi connectivity index (χ4n) is 3.29. The van der Waals surface area contributed by atoms with Crippen molar-refractivity contribution in [2.75, 3.05) is 0 Å². The van der Waals surface area contributed by atoms with Crippen molar-refractivity contribution in [3.05, 3.63) is 34.6 Å². The van der Waals surface area contributed by atoms with Crippen LogP contribution in [-0.2, 0) is 0 Å². The molecule has 21 heavy (non-hydrogen) atoms. The van der Waals surface area contributed by atoms with E-state index in [1.807, 2.05) is 0 Å². The average Bonchev–Trinajstić information content (AvgIpc) is 2.41. The van der Waals surface area contributed by atoms with Crippen molar-refractivity contribution in [2.24, 2.45) is 17.8 Å². The van der Waals surface area contributed by atoms with Crippen molar-refractivity contribution in [1.82, 2.24) is 5.32 Å². The van der Waals surface area contributed by atoms with E-state index in [4.69, 9.17) is 11.6 Å². The number of nitrogens with one attached hydrogen (secondary N) is 1. The lowest BCUT2D eigenvalue weighted by Gasteiger charge is -2.37. The first-order valence-corrected chi connectivity index (χ1v) is 8.02. The number of amides is 1. The standard InChI is InChI=1S/C17H23ClFNO/c1-10(2)13-6-4-11(3)8-16(13)20-17(21)14-9-12(18)5-7-15(14)19/h5,7,9-11,13,16H,4,6,8H2,1-3H3,(H,20,21). The van der Waals surface area contributed by atoms with E-state index >= 15 is 0 Å². The lowest BCUT2D eigenvalue weighted by atomic mass is 9.74. The Kier molecular flexibility index (Phi) is 5.26. The Morgan fingerprint density at radius 2 is 2.10 bits per heavy atom. The lowest BCUT2D eigenvalue weighted by Crippen LogP contribution is -2.45. The quantitative estimate of drug-likeness (QED) is 0.863. The molecule has 0 aliphatic heterocycles. The van der Waals surface area contributed by atoms with Crippen molar-refractivity contribution in [2.45, 2.75) is 46.1 Å². The van der Waals surface area contributed by atoms with Crippen LogP contribution in [0.4, 0.5) is 4.39 Å². The molecule has 1 N–H and O–H groups in total. The Morgan fingerprint density at radius 1 is 1.38 bits per heavy atom. The summed E-state index contributed by atoms with van der Waals surface area (Å²) in [5.41, 5.74) is 0.0308. The van der Waals surface area contributed by atoms with Crippen LogP contribution in [0.5, 0.6) is 0 Å². The van der Waals surface area contributed by atoms with Crippen molar-refractivity contribution < 1.29 is 9.18 Å². The molecule has 2 rings (SSSR count). The summed E-state index contributed by atoms with van der Waals surface area (Å²) in [6.07, 6.45) is 3.26. The van der Waals surface area contributed by atoms with Gasteiger partial charge in [0.2, 0.25) is 0 Å². The summed E-state index contributed by atoms with van der Waals surface area (Å²) >= 11 is 5.86. The monoisotopic (exact) mass is 311 g/mol. The van der Waals surface area contributed by atoms with Crippen molar-refractivity contribution in [1.29, 1.82) is 0 Å². The highest BCUT2D eigenvalue weighted by atomic mass is 35.5. The van der Waals surface area contributed by atoms with E-state index in [0.29, 0.717) is 22.8 Å². The Balaban J connectivity index is 2.14. The van der Waals surface area contributed by atoms with Crippen LogP contribution in [-0.4, -0.2) is 11.9 Å². The summed E-state index contributed by atoms with van der Waals surface area (Å²) in [6.45, 7) is 6.56. The summed E-state index contributed by atoms with van der Waals surface area (Å²) in [4.78, 5) is 12.4. The molecular formula is C17H23ClFNO. The van der Waals surface area contributed by atoms with Crippen LogP contribution in [0.25, 0.3) is 0 Å². The maximum absolute atomic E-state index is 13.8. The van der Waals surface area contributed by atoms with E-state index in [2.05, 4.69) is 26.1 Å². The third-order valence-corrected chi connectivity index (χ3v) is 4.75. The number of hydrogen-bond donors (Lipinski definition) is 1. The first kappa shape index (κ1) is 16.3. The summed E-state index contributed by atoms with van der Waals surface area (Å²) in [7, 11) is 0. The first-order chi connectivity index (χ1) is 9.88. The first-order valence-electron chi connectivity index (χ1n) is 7.64. The molecule has 0 spiro atoms. The van der Waals surface area contributed by atoms with Gasteiger partial charge in [0, 0.05) is 11.1 Å². The van der Waals surface area contributed by atoms with Gasteiger partial charge in [-0.2, -0.15) is 0 Å². The zero-order chi connectivity index (χ0) is 15.6. The normalized spacial score (nSPS) is 25.9. The number of rotatable bonds is 3. The van der Waals surface area contributed by atoms with Gasteiger partial charge in [-0.15, -0.1) is 0 Å². The zero-order valence-electron chi connectivity index (χ0n) is 12.8. The van der Waals surface area contributed by atoms with Gasteiger partial charge in [-0.25, -0.2) is 4.39 Å². The highest BCUT2D eigenvalue weighted by molar-refractivity contribution is 6.31. The second-order valence-corrected chi connectivity index (χ2v) is 6.97. The van der Waals surface area contributed by atoms with Crippen LogP contribution in [0.3, 0.4) is 0 Å².